The van der Waals surface area contributed by atoms with E-state index in [0.29, 0.717) is 0 Å². The molecule has 5 rings (SSSR count). The van der Waals surface area contributed by atoms with E-state index in [1.807, 2.05) is 23.9 Å². The Morgan fingerprint density at radius 1 is 1.17 bits per heavy atom. The minimum atomic E-state index is -0.572. The van der Waals surface area contributed by atoms with Crippen molar-refractivity contribution in [2.45, 2.75) is 18.9 Å². The van der Waals surface area contributed by atoms with Crippen LogP contribution in [-0.4, -0.2) is 37.7 Å². The molecule has 0 radical (unpaired) electrons. The van der Waals surface area contributed by atoms with Crippen LogP contribution in [0.15, 0.2) is 55.1 Å². The lowest BCUT2D eigenvalue weighted by molar-refractivity contribution is 0.0874. The molecule has 3 aromatic heterocycles. The first-order chi connectivity index (χ1) is 14.2. The number of aliphatic hydroxyl groups is 1. The third kappa shape index (κ3) is 3.41. The Bertz CT molecular complexity index is 1120. The van der Waals surface area contributed by atoms with Gasteiger partial charge in [0.05, 0.1) is 5.39 Å². The van der Waals surface area contributed by atoms with Crippen LogP contribution in [-0.2, 0) is 7.05 Å². The highest BCUT2D eigenvalue weighted by atomic mass is 32.1. The molecule has 0 saturated carbocycles. The van der Waals surface area contributed by atoms with Gasteiger partial charge < -0.3 is 14.6 Å². The summed E-state index contributed by atoms with van der Waals surface area (Å²) in [5.74, 6) is 1.82. The van der Waals surface area contributed by atoms with Gasteiger partial charge in [-0.1, -0.05) is 30.3 Å². The van der Waals surface area contributed by atoms with Crippen LogP contribution in [0.2, 0.25) is 0 Å². The fourth-order valence-electron chi connectivity index (χ4n) is 4.17. The van der Waals surface area contributed by atoms with Gasteiger partial charge >= 0.3 is 0 Å². The third-order valence-corrected chi connectivity index (χ3v) is 6.79. The zero-order valence-electron chi connectivity index (χ0n) is 16.3. The Morgan fingerprint density at radius 2 is 2.03 bits per heavy atom. The molecular weight excluding hydrogens is 382 g/mol. The van der Waals surface area contributed by atoms with Crippen molar-refractivity contribution in [1.82, 2.24) is 19.5 Å². The Balaban J connectivity index is 1.45. The average Bonchev–Trinajstić information content (AvgIpc) is 3.40. The van der Waals surface area contributed by atoms with Crippen molar-refractivity contribution < 1.29 is 5.11 Å². The van der Waals surface area contributed by atoms with Crippen LogP contribution in [0.3, 0.4) is 0 Å². The Kier molecular flexibility index (Phi) is 4.77. The number of aryl methyl sites for hydroxylation is 1. The molecule has 1 aliphatic rings. The highest BCUT2D eigenvalue weighted by Crippen LogP contribution is 2.38. The first-order valence-electron chi connectivity index (χ1n) is 9.91. The molecule has 2 unspecified atom stereocenters. The van der Waals surface area contributed by atoms with Crippen molar-refractivity contribution in [3.05, 3.63) is 60.9 Å². The normalized spacial score (nSPS) is 18.3. The van der Waals surface area contributed by atoms with Gasteiger partial charge in [0.2, 0.25) is 0 Å². The molecule has 0 amide bonds. The Labute approximate surface area is 173 Å². The maximum absolute atomic E-state index is 10.9. The van der Waals surface area contributed by atoms with Gasteiger partial charge in [0.15, 0.2) is 0 Å². The molecule has 0 bridgehead atoms. The molecule has 4 aromatic rings. The highest BCUT2D eigenvalue weighted by Gasteiger charge is 2.30. The van der Waals surface area contributed by atoms with E-state index in [1.54, 1.807) is 23.9 Å². The second-order valence-electron chi connectivity index (χ2n) is 7.58. The molecule has 6 nitrogen and oxygen atoms in total. The molecule has 148 valence electrons. The first kappa shape index (κ1) is 18.3. The highest BCUT2D eigenvalue weighted by molar-refractivity contribution is 7.21. The van der Waals surface area contributed by atoms with Gasteiger partial charge in [-0.3, -0.25) is 0 Å². The van der Waals surface area contributed by atoms with Gasteiger partial charge in [-0.15, -0.1) is 11.3 Å². The summed E-state index contributed by atoms with van der Waals surface area (Å²) in [6.45, 7) is 1.70. The molecule has 1 N–H and O–H groups in total. The standard InChI is InChI=1S/C22H23N5OS/c1-26-11-9-23-21(26)19(28)16-8-5-10-27(13-16)20-17-12-18(15-6-3-2-4-7-15)29-22(17)25-14-24-20/h2-4,6-7,9,11-12,14,16,19,28H,5,8,10,13H2,1H3. The molecule has 1 fully saturated rings. The van der Waals surface area contributed by atoms with Gasteiger partial charge in [0.25, 0.3) is 0 Å². The second-order valence-corrected chi connectivity index (χ2v) is 8.61. The molecule has 0 spiro atoms. The Morgan fingerprint density at radius 3 is 2.83 bits per heavy atom. The topological polar surface area (TPSA) is 67.1 Å². The minimum Gasteiger partial charge on any atom is -0.385 e. The number of hydrogen-bond donors (Lipinski definition) is 1. The van der Waals surface area contributed by atoms with Crippen LogP contribution >= 0.6 is 11.3 Å². The van der Waals surface area contributed by atoms with E-state index in [-0.39, 0.29) is 5.92 Å². The number of anilines is 1. The van der Waals surface area contributed by atoms with E-state index in [0.717, 1.165) is 47.8 Å². The third-order valence-electron chi connectivity index (χ3n) is 5.69. The summed E-state index contributed by atoms with van der Waals surface area (Å²) >= 11 is 1.70. The van der Waals surface area contributed by atoms with E-state index in [4.69, 9.17) is 0 Å². The summed E-state index contributed by atoms with van der Waals surface area (Å²) in [5, 5.41) is 12.0. The van der Waals surface area contributed by atoms with Crippen molar-refractivity contribution in [2.75, 3.05) is 18.0 Å². The quantitative estimate of drug-likeness (QED) is 0.555. The summed E-state index contributed by atoms with van der Waals surface area (Å²) in [5.41, 5.74) is 1.20. The van der Waals surface area contributed by atoms with E-state index in [9.17, 15) is 5.11 Å². The molecule has 7 heteroatoms. The van der Waals surface area contributed by atoms with E-state index in [1.165, 1.54) is 10.4 Å². The van der Waals surface area contributed by atoms with Crippen molar-refractivity contribution in [2.24, 2.45) is 13.0 Å². The van der Waals surface area contributed by atoms with Crippen molar-refractivity contribution in [3.8, 4) is 10.4 Å². The molecule has 29 heavy (non-hydrogen) atoms. The van der Waals surface area contributed by atoms with Gasteiger partial charge in [-0.05, 0) is 24.5 Å². The number of imidazole rings is 1. The average molecular weight is 406 g/mol. The number of hydrogen-bond acceptors (Lipinski definition) is 6. The molecule has 1 saturated heterocycles. The molecule has 2 atom stereocenters. The zero-order chi connectivity index (χ0) is 19.8. The minimum absolute atomic E-state index is 0.127. The van der Waals surface area contributed by atoms with Crippen LogP contribution in [0.25, 0.3) is 20.7 Å². The maximum Gasteiger partial charge on any atom is 0.140 e. The molecule has 1 aromatic carbocycles. The smallest absolute Gasteiger partial charge is 0.140 e. The predicted octanol–water partition coefficient (Wildman–Crippen LogP) is 4.04. The van der Waals surface area contributed by atoms with Crippen LogP contribution in [0.1, 0.15) is 24.8 Å². The largest absolute Gasteiger partial charge is 0.385 e. The van der Waals surface area contributed by atoms with Gasteiger partial charge in [0, 0.05) is 43.3 Å². The van der Waals surface area contributed by atoms with Crippen molar-refractivity contribution in [3.63, 3.8) is 0 Å². The SMILES string of the molecule is Cn1ccnc1C(O)C1CCCN(c2ncnc3sc(-c4ccccc4)cc23)C1. The summed E-state index contributed by atoms with van der Waals surface area (Å²) in [4.78, 5) is 18.0. The van der Waals surface area contributed by atoms with Crippen LogP contribution < -0.4 is 4.90 Å². The summed E-state index contributed by atoms with van der Waals surface area (Å²) in [6.07, 6.45) is 6.71. The summed E-state index contributed by atoms with van der Waals surface area (Å²) in [6, 6.07) is 12.6. The van der Waals surface area contributed by atoms with Crippen LogP contribution in [0.5, 0.6) is 0 Å². The van der Waals surface area contributed by atoms with Crippen LogP contribution in [0, 0.1) is 5.92 Å². The van der Waals surface area contributed by atoms with Crippen molar-refractivity contribution in [1.29, 1.82) is 0 Å². The number of aromatic nitrogens is 4. The number of piperidine rings is 1. The molecule has 0 aliphatic carbocycles. The number of aliphatic hydroxyl groups excluding tert-OH is 1. The fraction of sp³-hybridized carbons (Fsp3) is 0.318. The lowest BCUT2D eigenvalue weighted by atomic mass is 9.92. The number of rotatable bonds is 4. The lowest BCUT2D eigenvalue weighted by Gasteiger charge is -2.35. The van der Waals surface area contributed by atoms with Gasteiger partial charge in [-0.25, -0.2) is 15.0 Å². The number of benzene rings is 1. The first-order valence-corrected chi connectivity index (χ1v) is 10.7. The van der Waals surface area contributed by atoms with Crippen molar-refractivity contribution >= 4 is 27.4 Å². The zero-order valence-corrected chi connectivity index (χ0v) is 17.1. The van der Waals surface area contributed by atoms with E-state index >= 15 is 0 Å². The second kappa shape index (κ2) is 7.57. The number of nitrogens with zero attached hydrogens (tertiary/aromatic N) is 5. The summed E-state index contributed by atoms with van der Waals surface area (Å²) in [7, 11) is 1.93. The molecule has 1 aliphatic heterocycles. The summed E-state index contributed by atoms with van der Waals surface area (Å²) < 4.78 is 1.90. The van der Waals surface area contributed by atoms with Gasteiger partial charge in [0.1, 0.15) is 28.9 Å². The van der Waals surface area contributed by atoms with Crippen LogP contribution in [0.4, 0.5) is 5.82 Å². The van der Waals surface area contributed by atoms with E-state index in [2.05, 4.69) is 50.2 Å². The van der Waals surface area contributed by atoms with E-state index < -0.39 is 6.10 Å². The Hall–Kier alpha value is -2.77. The number of fused-ring (bicyclic) bond motifs is 1. The maximum atomic E-state index is 10.9. The van der Waals surface area contributed by atoms with Gasteiger partial charge in [-0.2, -0.15) is 0 Å². The number of thiophene rings is 1. The monoisotopic (exact) mass is 405 g/mol. The molecule has 4 heterocycles. The fourth-order valence-corrected chi connectivity index (χ4v) is 5.17. The molecular formula is C22H23N5OS. The lowest BCUT2D eigenvalue weighted by Crippen LogP contribution is -2.39. The predicted molar refractivity (Wildman–Crippen MR) is 116 cm³/mol.